The summed E-state index contributed by atoms with van der Waals surface area (Å²) >= 11 is 13.4. The summed E-state index contributed by atoms with van der Waals surface area (Å²) in [5.74, 6) is 0.0930. The van der Waals surface area contributed by atoms with Gasteiger partial charge in [0.05, 0.1) is 0 Å². The van der Waals surface area contributed by atoms with Crippen LogP contribution in [0.2, 0.25) is 0 Å². The second kappa shape index (κ2) is 8.77. The molecule has 2 nitrogen and oxygen atoms in total. The second-order valence-corrected chi connectivity index (χ2v) is 8.81. The standard InChI is InChI=1S/C21H28Cl2O2/c22-18-13-19(23)21(16-11-10-14-6-5-7-15(14)12-16)17(18)8-3-1-2-4-9-20(24)25/h10-12,17-19,21H,1-9,13H2,(H,24,25). The Bertz CT molecular complexity index is 602. The van der Waals surface area contributed by atoms with Gasteiger partial charge in [-0.25, -0.2) is 0 Å². The van der Waals surface area contributed by atoms with Crippen LogP contribution >= 0.6 is 23.2 Å². The van der Waals surface area contributed by atoms with Crippen molar-refractivity contribution in [3.63, 3.8) is 0 Å². The second-order valence-electron chi connectivity index (χ2n) is 7.69. The smallest absolute Gasteiger partial charge is 0.303 e. The predicted octanol–water partition coefficient (Wildman–Crippen LogP) is 5.92. The average Bonchev–Trinajstić information content (AvgIpc) is 3.13. The fourth-order valence-electron chi connectivity index (χ4n) is 4.66. The first-order chi connectivity index (χ1) is 12.1. The third kappa shape index (κ3) is 4.71. The zero-order valence-corrected chi connectivity index (χ0v) is 16.2. The Kier molecular flexibility index (Phi) is 6.68. The third-order valence-corrected chi connectivity index (χ3v) is 6.90. The fraction of sp³-hybridized carbons (Fsp3) is 0.667. The van der Waals surface area contributed by atoms with E-state index in [9.17, 15) is 4.79 Å². The molecule has 1 saturated carbocycles. The molecule has 0 heterocycles. The Morgan fingerprint density at radius 1 is 1.04 bits per heavy atom. The first-order valence-corrected chi connectivity index (χ1v) is 10.5. The Hall–Kier alpha value is -0.730. The van der Waals surface area contributed by atoms with E-state index in [1.165, 1.54) is 36.0 Å². The molecule has 1 fully saturated rings. The summed E-state index contributed by atoms with van der Waals surface area (Å²) < 4.78 is 0. The summed E-state index contributed by atoms with van der Waals surface area (Å²) in [6.45, 7) is 0. The molecule has 25 heavy (non-hydrogen) atoms. The maximum atomic E-state index is 10.6. The van der Waals surface area contributed by atoms with Crippen LogP contribution in [0.1, 0.15) is 74.0 Å². The van der Waals surface area contributed by atoms with Gasteiger partial charge in [-0.2, -0.15) is 0 Å². The normalized spacial score (nSPS) is 28.2. The van der Waals surface area contributed by atoms with E-state index < -0.39 is 5.97 Å². The lowest BCUT2D eigenvalue weighted by Gasteiger charge is -2.24. The largest absolute Gasteiger partial charge is 0.481 e. The number of fused-ring (bicyclic) bond motifs is 1. The van der Waals surface area contributed by atoms with Crippen LogP contribution < -0.4 is 0 Å². The maximum absolute atomic E-state index is 10.6. The zero-order chi connectivity index (χ0) is 17.8. The molecule has 1 N–H and O–H groups in total. The highest BCUT2D eigenvalue weighted by Crippen LogP contribution is 2.48. The van der Waals surface area contributed by atoms with Gasteiger partial charge in [-0.05, 0) is 61.1 Å². The molecule has 138 valence electrons. The molecule has 1 aromatic rings. The van der Waals surface area contributed by atoms with Crippen LogP contribution in [0.4, 0.5) is 0 Å². The quantitative estimate of drug-likeness (QED) is 0.447. The molecular weight excluding hydrogens is 355 g/mol. The molecule has 2 aliphatic carbocycles. The van der Waals surface area contributed by atoms with Gasteiger partial charge in [0.2, 0.25) is 0 Å². The Labute approximate surface area is 160 Å². The minimum absolute atomic E-state index is 0.124. The number of carboxylic acid groups (broad SMARTS) is 1. The monoisotopic (exact) mass is 382 g/mol. The first-order valence-electron chi connectivity index (χ1n) is 9.68. The number of rotatable bonds is 8. The van der Waals surface area contributed by atoms with Gasteiger partial charge in [-0.3, -0.25) is 4.79 Å². The van der Waals surface area contributed by atoms with Crippen LogP contribution in [0, 0.1) is 5.92 Å². The minimum atomic E-state index is -0.696. The van der Waals surface area contributed by atoms with E-state index in [4.69, 9.17) is 28.3 Å². The number of hydrogen-bond donors (Lipinski definition) is 1. The van der Waals surface area contributed by atoms with Crippen LogP contribution in [0.15, 0.2) is 18.2 Å². The summed E-state index contributed by atoms with van der Waals surface area (Å²) in [7, 11) is 0. The van der Waals surface area contributed by atoms with Crippen molar-refractivity contribution in [2.45, 2.75) is 80.9 Å². The van der Waals surface area contributed by atoms with Gasteiger partial charge in [0.1, 0.15) is 0 Å². The molecule has 2 aliphatic rings. The van der Waals surface area contributed by atoms with Crippen molar-refractivity contribution >= 4 is 29.2 Å². The van der Waals surface area contributed by atoms with Gasteiger partial charge in [-0.1, -0.05) is 37.5 Å². The Morgan fingerprint density at radius 3 is 2.60 bits per heavy atom. The zero-order valence-electron chi connectivity index (χ0n) is 14.7. The molecule has 3 rings (SSSR count). The SMILES string of the molecule is O=C(O)CCCCCCC1C(Cl)CC(Cl)C1c1ccc2c(c1)CCC2. The van der Waals surface area contributed by atoms with Gasteiger partial charge < -0.3 is 5.11 Å². The van der Waals surface area contributed by atoms with Gasteiger partial charge >= 0.3 is 5.97 Å². The molecule has 1 aromatic carbocycles. The van der Waals surface area contributed by atoms with Crippen molar-refractivity contribution in [3.05, 3.63) is 34.9 Å². The predicted molar refractivity (Wildman–Crippen MR) is 104 cm³/mol. The number of alkyl halides is 2. The maximum Gasteiger partial charge on any atom is 0.303 e. The van der Waals surface area contributed by atoms with Crippen molar-refractivity contribution in [2.24, 2.45) is 5.92 Å². The van der Waals surface area contributed by atoms with Crippen LogP contribution in [-0.2, 0) is 17.6 Å². The highest BCUT2D eigenvalue weighted by Gasteiger charge is 2.42. The molecule has 4 atom stereocenters. The van der Waals surface area contributed by atoms with E-state index in [0.29, 0.717) is 11.8 Å². The lowest BCUT2D eigenvalue weighted by Crippen LogP contribution is -2.17. The van der Waals surface area contributed by atoms with Crippen molar-refractivity contribution in [3.8, 4) is 0 Å². The van der Waals surface area contributed by atoms with E-state index in [0.717, 1.165) is 38.5 Å². The molecule has 0 bridgehead atoms. The molecule has 0 aliphatic heterocycles. The first kappa shape index (κ1) is 19.0. The van der Waals surface area contributed by atoms with Crippen LogP contribution in [0.3, 0.4) is 0 Å². The number of carboxylic acids is 1. The highest BCUT2D eigenvalue weighted by molar-refractivity contribution is 6.25. The third-order valence-electron chi connectivity index (χ3n) is 5.95. The molecule has 0 aromatic heterocycles. The molecule has 4 unspecified atom stereocenters. The molecule has 0 amide bonds. The molecule has 0 spiro atoms. The van der Waals surface area contributed by atoms with Crippen molar-refractivity contribution in [1.29, 1.82) is 0 Å². The number of benzene rings is 1. The van der Waals surface area contributed by atoms with Gasteiger partial charge in [0.25, 0.3) is 0 Å². The summed E-state index contributed by atoms with van der Waals surface area (Å²) in [5, 5.41) is 8.98. The van der Waals surface area contributed by atoms with Gasteiger partial charge in [-0.15, -0.1) is 23.2 Å². The number of aliphatic carboxylic acids is 1. The highest BCUT2D eigenvalue weighted by atomic mass is 35.5. The summed E-state index contributed by atoms with van der Waals surface area (Å²) in [6.07, 6.45) is 9.88. The number of halogens is 2. The Morgan fingerprint density at radius 2 is 1.80 bits per heavy atom. The Balaban J connectivity index is 1.58. The van der Waals surface area contributed by atoms with E-state index in [1.54, 1.807) is 0 Å². The van der Waals surface area contributed by atoms with Crippen molar-refractivity contribution in [2.75, 3.05) is 0 Å². The molecule has 0 radical (unpaired) electrons. The minimum Gasteiger partial charge on any atom is -0.481 e. The van der Waals surface area contributed by atoms with Gasteiger partial charge in [0, 0.05) is 23.1 Å². The molecule has 4 heteroatoms. The van der Waals surface area contributed by atoms with E-state index >= 15 is 0 Å². The lowest BCUT2D eigenvalue weighted by molar-refractivity contribution is -0.137. The van der Waals surface area contributed by atoms with Gasteiger partial charge in [0.15, 0.2) is 0 Å². The van der Waals surface area contributed by atoms with E-state index in [1.807, 2.05) is 0 Å². The van der Waals surface area contributed by atoms with Crippen molar-refractivity contribution < 1.29 is 9.90 Å². The number of unbranched alkanes of at least 4 members (excludes halogenated alkanes) is 3. The molecule has 0 saturated heterocycles. The summed E-state index contributed by atoms with van der Waals surface area (Å²) in [6, 6.07) is 6.96. The average molecular weight is 383 g/mol. The van der Waals surface area contributed by atoms with Crippen LogP contribution in [0.5, 0.6) is 0 Å². The molecular formula is C21H28Cl2O2. The topological polar surface area (TPSA) is 37.3 Å². The summed E-state index contributed by atoms with van der Waals surface area (Å²) in [5.41, 5.74) is 4.39. The fourth-order valence-corrected chi connectivity index (χ4v) is 5.75. The van der Waals surface area contributed by atoms with E-state index in [2.05, 4.69) is 18.2 Å². The van der Waals surface area contributed by atoms with E-state index in [-0.39, 0.29) is 17.2 Å². The van der Waals surface area contributed by atoms with Crippen LogP contribution in [0.25, 0.3) is 0 Å². The number of carbonyl (C=O) groups is 1. The van der Waals surface area contributed by atoms with Crippen LogP contribution in [-0.4, -0.2) is 21.8 Å². The summed E-state index contributed by atoms with van der Waals surface area (Å²) in [4.78, 5) is 10.6. The lowest BCUT2D eigenvalue weighted by atomic mass is 9.84. The van der Waals surface area contributed by atoms with Crippen molar-refractivity contribution in [1.82, 2.24) is 0 Å². The number of hydrogen-bond acceptors (Lipinski definition) is 1. The number of aryl methyl sites for hydroxylation is 2.